The topological polar surface area (TPSA) is 41.0 Å². The van der Waals surface area contributed by atoms with Crippen molar-refractivity contribution in [2.24, 2.45) is 0 Å². The van der Waals surface area contributed by atoms with Crippen molar-refractivity contribution < 1.29 is 17.3 Å². The summed E-state index contributed by atoms with van der Waals surface area (Å²) in [4.78, 5) is 7.11. The van der Waals surface area contributed by atoms with Gasteiger partial charge in [-0.3, -0.25) is 4.98 Å². The van der Waals surface area contributed by atoms with E-state index < -0.39 is 7.25 Å². The van der Waals surface area contributed by atoms with Crippen LogP contribution in [0.15, 0.2) is 36.7 Å². The van der Waals surface area contributed by atoms with Crippen LogP contribution < -0.4 is 0 Å². The van der Waals surface area contributed by atoms with Crippen LogP contribution in [0.25, 0.3) is 15.7 Å². The van der Waals surface area contributed by atoms with Crippen molar-refractivity contribution in [3.8, 4) is 0 Å². The fraction of sp³-hybridized carbons (Fsp3) is 0. The number of nitrogens with zero attached hydrogens (tertiary/aromatic N) is 3. The molecule has 0 atom stereocenters. The minimum absolute atomic E-state index is 0.556. The number of pyridine rings is 1. The van der Waals surface area contributed by atoms with Gasteiger partial charge in [0.2, 0.25) is 5.39 Å². The van der Waals surface area contributed by atoms with Gasteiger partial charge in [0, 0.05) is 18.5 Å². The van der Waals surface area contributed by atoms with Gasteiger partial charge in [0.05, 0.1) is 5.39 Å². The van der Waals surface area contributed by atoms with E-state index in [2.05, 4.69) is 9.96 Å². The molecule has 3 nitrogen and oxygen atoms in total. The normalized spacial score (nSPS) is 10.3. The minimum Gasteiger partial charge on any atom is -0.418 e. The largest absolute Gasteiger partial charge is 0.673 e. The monoisotopic (exact) mass is 243 g/mol. The summed E-state index contributed by atoms with van der Waals surface area (Å²) in [5.74, 6) is 0. The number of fused-ring (bicyclic) bond motifs is 1. The van der Waals surface area contributed by atoms with E-state index in [1.54, 1.807) is 18.5 Å². The SMILES string of the molecule is F[B-](F)(F)F.N#[N+]c1cccc2ccncc12. The van der Waals surface area contributed by atoms with Crippen LogP contribution >= 0.6 is 0 Å². The lowest BCUT2D eigenvalue weighted by molar-refractivity contribution is 0.368. The Labute approximate surface area is 93.8 Å². The number of hydrogen-bond acceptors (Lipinski definition) is 2. The first-order valence-electron chi connectivity index (χ1n) is 4.47. The zero-order chi connectivity index (χ0) is 12.9. The van der Waals surface area contributed by atoms with Gasteiger partial charge in [-0.15, -0.1) is 0 Å². The van der Waals surface area contributed by atoms with E-state index in [-0.39, 0.29) is 0 Å². The summed E-state index contributed by atoms with van der Waals surface area (Å²) in [6, 6.07) is 7.41. The molecule has 1 heterocycles. The predicted molar refractivity (Wildman–Crippen MR) is 56.7 cm³/mol. The molecule has 17 heavy (non-hydrogen) atoms. The van der Waals surface area contributed by atoms with E-state index >= 15 is 0 Å². The van der Waals surface area contributed by atoms with Gasteiger partial charge in [0.1, 0.15) is 0 Å². The van der Waals surface area contributed by atoms with Crippen LogP contribution in [0.4, 0.5) is 23.0 Å². The lowest BCUT2D eigenvalue weighted by Gasteiger charge is -1.94. The van der Waals surface area contributed by atoms with Crippen molar-refractivity contribution >= 4 is 23.7 Å². The van der Waals surface area contributed by atoms with E-state index in [1.165, 1.54) is 0 Å². The quantitative estimate of drug-likeness (QED) is 0.398. The minimum atomic E-state index is -6.00. The third-order valence-corrected chi connectivity index (χ3v) is 1.77. The third-order valence-electron chi connectivity index (χ3n) is 1.77. The summed E-state index contributed by atoms with van der Waals surface area (Å²) in [6.07, 6.45) is 3.40. The van der Waals surface area contributed by atoms with Gasteiger partial charge in [0.25, 0.3) is 0 Å². The Hall–Kier alpha value is -2.17. The van der Waals surface area contributed by atoms with Crippen LogP contribution in [0.1, 0.15) is 0 Å². The Morgan fingerprint density at radius 2 is 1.76 bits per heavy atom. The van der Waals surface area contributed by atoms with Crippen LogP contribution in [0.2, 0.25) is 0 Å². The van der Waals surface area contributed by atoms with E-state index in [0.717, 1.165) is 10.8 Å². The van der Waals surface area contributed by atoms with Crippen molar-refractivity contribution in [1.29, 1.82) is 5.39 Å². The van der Waals surface area contributed by atoms with Crippen molar-refractivity contribution in [3.63, 3.8) is 0 Å². The molecule has 1 aromatic carbocycles. The molecule has 0 saturated heterocycles. The standard InChI is InChI=1S/C9H6N3.BF4/c10-12-9-3-1-2-7-4-5-11-6-8(7)9;2-1(3,4)5/h1-6H;/q+1;-1. The van der Waals surface area contributed by atoms with E-state index in [0.29, 0.717) is 5.69 Å². The number of rotatable bonds is 0. The fourth-order valence-electron chi connectivity index (χ4n) is 1.18. The van der Waals surface area contributed by atoms with Gasteiger partial charge in [-0.2, -0.15) is 0 Å². The molecule has 0 aliphatic rings. The van der Waals surface area contributed by atoms with Gasteiger partial charge in [-0.25, -0.2) is 0 Å². The molecule has 0 aliphatic carbocycles. The van der Waals surface area contributed by atoms with Crippen LogP contribution in [-0.2, 0) is 0 Å². The average molecular weight is 243 g/mol. The van der Waals surface area contributed by atoms with Gasteiger partial charge in [-0.05, 0) is 11.5 Å². The number of benzene rings is 1. The number of aromatic nitrogens is 1. The number of halogens is 4. The van der Waals surface area contributed by atoms with Crippen LogP contribution in [-0.4, -0.2) is 12.2 Å². The highest BCUT2D eigenvalue weighted by atomic mass is 19.5. The Bertz CT molecular complexity index is 538. The molecule has 0 amide bonds. The maximum Gasteiger partial charge on any atom is 0.673 e. The molecule has 88 valence electrons. The second-order valence-corrected chi connectivity index (χ2v) is 2.97. The maximum atomic E-state index is 9.75. The summed E-state index contributed by atoms with van der Waals surface area (Å²) in [7, 11) is -6.00. The van der Waals surface area contributed by atoms with Crippen molar-refractivity contribution in [2.75, 3.05) is 0 Å². The van der Waals surface area contributed by atoms with Crippen LogP contribution in [0.5, 0.6) is 0 Å². The molecule has 1 aromatic heterocycles. The average Bonchev–Trinajstić information content (AvgIpc) is 2.26. The molecular formula is C9H6BF4N3. The Kier molecular flexibility index (Phi) is 3.98. The lowest BCUT2D eigenvalue weighted by atomic mass is 10.1. The zero-order valence-corrected chi connectivity index (χ0v) is 8.39. The number of diazo groups is 1. The van der Waals surface area contributed by atoms with Crippen molar-refractivity contribution in [2.45, 2.75) is 0 Å². The molecular weight excluding hydrogens is 237 g/mol. The van der Waals surface area contributed by atoms with Crippen LogP contribution in [0, 0.1) is 5.39 Å². The Morgan fingerprint density at radius 3 is 2.35 bits per heavy atom. The highest BCUT2D eigenvalue weighted by Crippen LogP contribution is 2.24. The molecule has 0 saturated carbocycles. The Morgan fingerprint density at radius 1 is 1.12 bits per heavy atom. The summed E-state index contributed by atoms with van der Waals surface area (Å²) < 4.78 is 39.0. The molecule has 0 bridgehead atoms. The molecule has 0 spiro atoms. The number of hydrogen-bond donors (Lipinski definition) is 0. The zero-order valence-electron chi connectivity index (χ0n) is 8.39. The second-order valence-electron chi connectivity index (χ2n) is 2.97. The molecule has 8 heteroatoms. The molecule has 0 aliphatic heterocycles. The molecule has 0 fully saturated rings. The first-order valence-corrected chi connectivity index (χ1v) is 4.47. The first-order chi connectivity index (χ1) is 7.92. The third kappa shape index (κ3) is 4.46. The van der Waals surface area contributed by atoms with Crippen molar-refractivity contribution in [1.82, 2.24) is 4.98 Å². The summed E-state index contributed by atoms with van der Waals surface area (Å²) in [6.45, 7) is 0. The van der Waals surface area contributed by atoms with Crippen LogP contribution in [0.3, 0.4) is 0 Å². The van der Waals surface area contributed by atoms with E-state index in [9.17, 15) is 17.3 Å². The molecule has 2 rings (SSSR count). The summed E-state index contributed by atoms with van der Waals surface area (Å²) in [5.41, 5.74) is 0.556. The highest BCUT2D eigenvalue weighted by molar-refractivity contribution is 6.50. The van der Waals surface area contributed by atoms with E-state index in [1.807, 2.05) is 18.2 Å². The molecule has 0 unspecified atom stereocenters. The predicted octanol–water partition coefficient (Wildman–Crippen LogP) is 4.02. The van der Waals surface area contributed by atoms with Gasteiger partial charge >= 0.3 is 12.9 Å². The van der Waals surface area contributed by atoms with Crippen molar-refractivity contribution in [3.05, 3.63) is 41.6 Å². The molecule has 0 radical (unpaired) electrons. The van der Waals surface area contributed by atoms with Gasteiger partial charge < -0.3 is 17.3 Å². The first kappa shape index (κ1) is 12.9. The second kappa shape index (κ2) is 5.25. The smallest absolute Gasteiger partial charge is 0.418 e. The molecule has 2 aromatic rings. The molecule has 0 N–H and O–H groups in total. The fourth-order valence-corrected chi connectivity index (χ4v) is 1.18. The summed E-state index contributed by atoms with van der Waals surface area (Å²) in [5, 5.41) is 10.5. The van der Waals surface area contributed by atoms with E-state index in [4.69, 9.17) is 5.39 Å². The van der Waals surface area contributed by atoms with Gasteiger partial charge in [0.15, 0.2) is 4.98 Å². The highest BCUT2D eigenvalue weighted by Gasteiger charge is 2.20. The Balaban J connectivity index is 0.000000249. The lowest BCUT2D eigenvalue weighted by Crippen LogP contribution is -2.02. The maximum absolute atomic E-state index is 9.75. The van der Waals surface area contributed by atoms with Gasteiger partial charge in [-0.1, -0.05) is 12.1 Å². The summed E-state index contributed by atoms with van der Waals surface area (Å²) >= 11 is 0.